The molecule has 0 saturated carbocycles. The van der Waals surface area contributed by atoms with Gasteiger partial charge in [0.15, 0.2) is 12.2 Å². The third-order valence-corrected chi connectivity index (χ3v) is 11.9. The van der Waals surface area contributed by atoms with Gasteiger partial charge in [-0.2, -0.15) is 0 Å². The van der Waals surface area contributed by atoms with E-state index in [1.807, 2.05) is 59.3 Å². The first kappa shape index (κ1) is 58.3. The lowest BCUT2D eigenvalue weighted by atomic mass is 10.1. The van der Waals surface area contributed by atoms with Crippen LogP contribution in [0, 0.1) is 27.7 Å². The summed E-state index contributed by atoms with van der Waals surface area (Å²) < 4.78 is 4.07. The number of pyridine rings is 2. The molecular formula is C54H64Cl2N8O9. The van der Waals surface area contributed by atoms with Crippen LogP contribution in [-0.4, -0.2) is 138 Å². The quantitative estimate of drug-likeness (QED) is 0.0735. The standard InChI is InChI=1S/2C19H21N3O.C12H16Cl2N2O.C4H6O6/c2*1-13-5-8-15(9-6-13)19-16(11-18(23)21(3)4)22-12-14(2)7-10-17(22)20-19;1-3-4-7-16(2)12(17)15-9-5-6-10(13)11(14)8-9;5-1(3(7)8)2(6)4(9)10/h2*5-10,12H,11H2,1-4H3;5-6,8H,3-4,7H2,1-2H3,(H,15,17);1-2,5-6H,(H,7,8)(H,9,10). The van der Waals surface area contributed by atoms with E-state index in [1.165, 1.54) is 11.1 Å². The van der Waals surface area contributed by atoms with E-state index < -0.39 is 24.1 Å². The number of rotatable bonds is 13. The number of aliphatic hydroxyl groups excluding tert-OH is 2. The Morgan fingerprint density at radius 3 is 1.34 bits per heavy atom. The number of nitrogens with one attached hydrogen (secondary N) is 1. The number of aryl methyl sites for hydroxylation is 4. The Labute approximate surface area is 435 Å². The Bertz CT molecular complexity index is 2860. The molecule has 0 saturated heterocycles. The van der Waals surface area contributed by atoms with Gasteiger partial charge in [-0.25, -0.2) is 24.4 Å². The van der Waals surface area contributed by atoms with Gasteiger partial charge < -0.3 is 49.2 Å². The lowest BCUT2D eigenvalue weighted by molar-refractivity contribution is -0.165. The molecule has 0 aliphatic carbocycles. The topological polar surface area (TPSA) is 223 Å². The number of amides is 4. The molecule has 2 unspecified atom stereocenters. The Balaban J connectivity index is 0.000000220. The van der Waals surface area contributed by atoms with Crippen LogP contribution in [0.2, 0.25) is 10.0 Å². The van der Waals surface area contributed by atoms with Crippen molar-refractivity contribution in [3.05, 3.63) is 147 Å². The van der Waals surface area contributed by atoms with Gasteiger partial charge in [0.05, 0.1) is 45.7 Å². The number of carboxylic acids is 2. The summed E-state index contributed by atoms with van der Waals surface area (Å²) in [4.78, 5) is 70.2. The van der Waals surface area contributed by atoms with Crippen LogP contribution < -0.4 is 5.32 Å². The lowest BCUT2D eigenvalue weighted by Crippen LogP contribution is -2.39. The highest BCUT2D eigenvalue weighted by Crippen LogP contribution is 2.28. The maximum atomic E-state index is 12.3. The van der Waals surface area contributed by atoms with Gasteiger partial charge in [0.1, 0.15) is 11.3 Å². The van der Waals surface area contributed by atoms with Crippen LogP contribution in [0.3, 0.4) is 0 Å². The number of nitrogens with zero attached hydrogens (tertiary/aromatic N) is 7. The van der Waals surface area contributed by atoms with Crippen molar-refractivity contribution in [2.75, 3.05) is 47.1 Å². The van der Waals surface area contributed by atoms with Crippen LogP contribution >= 0.6 is 23.2 Å². The number of likely N-dealkylation sites (N-methyl/N-ethyl adjacent to an activating group) is 2. The molecule has 3 aromatic carbocycles. The molecule has 0 radical (unpaired) electrons. The Morgan fingerprint density at radius 1 is 0.589 bits per heavy atom. The minimum atomic E-state index is -2.27. The average molecular weight is 1040 g/mol. The zero-order valence-electron chi connectivity index (χ0n) is 42.7. The number of fused-ring (bicyclic) bond motifs is 2. The van der Waals surface area contributed by atoms with Gasteiger partial charge >= 0.3 is 18.0 Å². The van der Waals surface area contributed by atoms with E-state index in [-0.39, 0.29) is 17.8 Å². The number of aromatic nitrogens is 4. The fraction of sp³-hybridized carbons (Fsp3) is 0.315. The molecule has 4 aromatic heterocycles. The van der Waals surface area contributed by atoms with Gasteiger partial charge in [0, 0.05) is 71.0 Å². The molecule has 4 amide bonds. The highest BCUT2D eigenvalue weighted by atomic mass is 35.5. The van der Waals surface area contributed by atoms with Crippen molar-refractivity contribution in [3.8, 4) is 22.5 Å². The van der Waals surface area contributed by atoms with E-state index in [0.29, 0.717) is 28.6 Å². The number of anilines is 1. The van der Waals surface area contributed by atoms with Crippen molar-refractivity contribution in [1.29, 1.82) is 0 Å². The fourth-order valence-electron chi connectivity index (χ4n) is 6.78. The average Bonchev–Trinajstić information content (AvgIpc) is 3.88. The minimum absolute atomic E-state index is 0.0710. The number of carbonyl (C=O) groups is 5. The summed E-state index contributed by atoms with van der Waals surface area (Å²) in [6, 6.07) is 29.5. The molecule has 5 N–H and O–H groups in total. The second-order valence-corrected chi connectivity index (χ2v) is 18.6. The molecule has 4 heterocycles. The highest BCUT2D eigenvalue weighted by Gasteiger charge is 2.29. The normalized spacial score (nSPS) is 11.4. The summed E-state index contributed by atoms with van der Waals surface area (Å²) in [5.74, 6) is -3.40. The molecule has 0 fully saturated rings. The van der Waals surface area contributed by atoms with Gasteiger partial charge in [-0.1, -0.05) is 108 Å². The van der Waals surface area contributed by atoms with E-state index in [2.05, 4.69) is 74.6 Å². The van der Waals surface area contributed by atoms with Crippen molar-refractivity contribution in [1.82, 2.24) is 33.5 Å². The zero-order chi connectivity index (χ0) is 54.3. The number of imidazole rings is 2. The number of benzene rings is 3. The van der Waals surface area contributed by atoms with Crippen LogP contribution in [-0.2, 0) is 32.0 Å². The Kier molecular flexibility index (Phi) is 21.5. The summed E-state index contributed by atoms with van der Waals surface area (Å²) >= 11 is 11.7. The number of halogens is 2. The van der Waals surface area contributed by atoms with Crippen LogP contribution in [0.1, 0.15) is 53.4 Å². The minimum Gasteiger partial charge on any atom is -0.479 e. The first-order chi connectivity index (χ1) is 34.4. The SMILES string of the molecule is CCCCN(C)C(=O)Nc1ccc(Cl)c(Cl)c1.Cc1ccc(-c2nc3ccc(C)cn3c2CC(=O)N(C)C)cc1.Cc1ccc(-c2nc3ccc(C)cn3c2CC(=O)N(C)C)cc1.O=C(O)C(O)C(O)C(=O)O. The monoisotopic (exact) mass is 1040 g/mol. The third kappa shape index (κ3) is 16.6. The predicted molar refractivity (Wildman–Crippen MR) is 285 cm³/mol. The predicted octanol–water partition coefficient (Wildman–Crippen LogP) is 8.63. The van der Waals surface area contributed by atoms with E-state index in [4.69, 9.17) is 53.6 Å². The van der Waals surface area contributed by atoms with Gasteiger partial charge in [-0.15, -0.1) is 0 Å². The molecule has 73 heavy (non-hydrogen) atoms. The molecule has 19 heteroatoms. The molecular weight excluding hydrogens is 976 g/mol. The second-order valence-electron chi connectivity index (χ2n) is 17.7. The van der Waals surface area contributed by atoms with Crippen molar-refractivity contribution < 1.29 is 44.4 Å². The largest absolute Gasteiger partial charge is 0.479 e. The van der Waals surface area contributed by atoms with Gasteiger partial charge in [-0.3, -0.25) is 9.59 Å². The van der Waals surface area contributed by atoms with Crippen molar-refractivity contribution >= 4 is 70.0 Å². The lowest BCUT2D eigenvalue weighted by Gasteiger charge is -2.17. The molecule has 0 spiro atoms. The molecule has 0 aliphatic rings. The van der Waals surface area contributed by atoms with Crippen molar-refractivity contribution in [2.45, 2.75) is 72.5 Å². The number of hydrogen-bond donors (Lipinski definition) is 5. The third-order valence-electron chi connectivity index (χ3n) is 11.2. The van der Waals surface area contributed by atoms with Gasteiger partial charge in [0.25, 0.3) is 0 Å². The number of aliphatic hydroxyl groups is 2. The first-order valence-electron chi connectivity index (χ1n) is 23.2. The zero-order valence-corrected chi connectivity index (χ0v) is 44.2. The van der Waals surface area contributed by atoms with E-state index >= 15 is 0 Å². The number of carboxylic acid groups (broad SMARTS) is 2. The number of urea groups is 1. The summed E-state index contributed by atoms with van der Waals surface area (Å²) in [6.07, 6.45) is 2.27. The van der Waals surface area contributed by atoms with E-state index in [9.17, 15) is 24.0 Å². The molecule has 7 aromatic rings. The summed E-state index contributed by atoms with van der Waals surface area (Å²) in [5.41, 5.74) is 12.8. The fourth-order valence-corrected chi connectivity index (χ4v) is 7.08. The van der Waals surface area contributed by atoms with Gasteiger partial charge in [-0.05, 0) is 75.6 Å². The summed E-state index contributed by atoms with van der Waals surface area (Å²) in [5, 5.41) is 36.2. The molecule has 0 aliphatic heterocycles. The van der Waals surface area contributed by atoms with E-state index in [1.54, 1.807) is 68.1 Å². The molecule has 0 bridgehead atoms. The van der Waals surface area contributed by atoms with Crippen LogP contribution in [0.5, 0.6) is 0 Å². The first-order valence-corrected chi connectivity index (χ1v) is 24.0. The number of aliphatic carboxylic acids is 2. The number of hydrogen-bond acceptors (Lipinski definition) is 9. The Hall–Kier alpha value is -7.31. The summed E-state index contributed by atoms with van der Waals surface area (Å²) in [6.45, 7) is 11.0. The highest BCUT2D eigenvalue weighted by molar-refractivity contribution is 6.42. The molecule has 17 nitrogen and oxygen atoms in total. The maximum absolute atomic E-state index is 12.3. The van der Waals surface area contributed by atoms with E-state index in [0.717, 1.165) is 75.7 Å². The van der Waals surface area contributed by atoms with Crippen LogP contribution in [0.25, 0.3) is 33.8 Å². The molecule has 2 atom stereocenters. The number of carbonyl (C=O) groups excluding carboxylic acids is 3. The maximum Gasteiger partial charge on any atom is 0.335 e. The molecule has 7 rings (SSSR count). The molecule has 388 valence electrons. The van der Waals surface area contributed by atoms with Crippen molar-refractivity contribution in [3.63, 3.8) is 0 Å². The van der Waals surface area contributed by atoms with Crippen molar-refractivity contribution in [2.24, 2.45) is 0 Å². The smallest absolute Gasteiger partial charge is 0.335 e. The summed E-state index contributed by atoms with van der Waals surface area (Å²) in [7, 11) is 8.89. The van der Waals surface area contributed by atoms with Gasteiger partial charge in [0.2, 0.25) is 11.8 Å². The van der Waals surface area contributed by atoms with Crippen LogP contribution in [0.4, 0.5) is 10.5 Å². The second kappa shape index (κ2) is 26.9. The Morgan fingerprint density at radius 2 is 0.986 bits per heavy atom. The van der Waals surface area contributed by atoms with Crippen LogP contribution in [0.15, 0.2) is 103 Å². The number of unbranched alkanes of at least 4 members (excludes halogenated alkanes) is 1.